The average molecular weight is 492 g/mol. The summed E-state index contributed by atoms with van der Waals surface area (Å²) >= 11 is 0. The Balaban J connectivity index is -0.000000167. The van der Waals surface area contributed by atoms with Crippen molar-refractivity contribution in [2.45, 2.75) is 20.8 Å². The lowest BCUT2D eigenvalue weighted by Crippen LogP contribution is -2.45. The molecule has 0 fully saturated rings. The van der Waals surface area contributed by atoms with Crippen LogP contribution >= 0.6 is 7.82 Å². The summed E-state index contributed by atoms with van der Waals surface area (Å²) in [6.07, 6.45) is 0. The Morgan fingerprint density at radius 3 is 0.750 bits per heavy atom. The highest BCUT2D eigenvalue weighted by Crippen LogP contribution is 2.03. The lowest BCUT2D eigenvalue weighted by molar-refractivity contribution is -0.813. The third kappa shape index (κ3) is 26.9. The molecule has 3 amide bonds. The number of quaternary nitrogens is 3. The Morgan fingerprint density at radius 2 is 0.719 bits per heavy atom. The second-order valence-corrected chi connectivity index (χ2v) is 9.30. The maximum Gasteiger partial charge on any atom is 0.310 e. The van der Waals surface area contributed by atoms with Gasteiger partial charge in [-0.05, 0) is 0 Å². The minimum Gasteiger partial charge on any atom is -0.822 e. The predicted octanol–water partition coefficient (Wildman–Crippen LogP) is -4.02. The van der Waals surface area contributed by atoms with Crippen LogP contribution in [-0.2, 0) is 18.9 Å². The summed E-state index contributed by atoms with van der Waals surface area (Å²) in [6, 6.07) is 0. The van der Waals surface area contributed by atoms with Crippen molar-refractivity contribution in [3.63, 3.8) is 0 Å². The van der Waals surface area contributed by atoms with Gasteiger partial charge in [0.2, 0.25) is 0 Å². The molecular weight excluding hydrogens is 449 g/mol. The molecule has 0 unspecified atom stereocenters. The van der Waals surface area contributed by atoms with E-state index < -0.39 is 7.82 Å². The molecule has 0 aliphatic rings. The van der Waals surface area contributed by atoms with Gasteiger partial charge in [-0.15, -0.1) is 0 Å². The number of rotatable bonds is 6. The standard InChI is InChI=1S/3C6H14NO2.H3O4P/c3*1-6(9)7(2,3)4-5-8;1-5(2,3)4/h3*8H,4-5H2,1-3H3;(H3,1,2,3,4)/q3*+1;/p-3. The molecule has 3 N–H and O–H groups in total. The van der Waals surface area contributed by atoms with E-state index in [1.54, 1.807) is 42.3 Å². The fraction of sp³-hybridized carbons (Fsp3) is 0.833. The van der Waals surface area contributed by atoms with Crippen LogP contribution in [0.2, 0.25) is 0 Å². The number of carbonyl (C=O) groups is 3. The second kappa shape index (κ2) is 17.4. The highest BCUT2D eigenvalue weighted by Gasteiger charge is 2.20. The fourth-order valence-electron chi connectivity index (χ4n) is 1.22. The number of hydrogen-bond donors (Lipinski definition) is 3. The summed E-state index contributed by atoms with van der Waals surface area (Å²) in [5.74, 6) is 0.220. The molecule has 0 aromatic rings. The Morgan fingerprint density at radius 1 is 0.594 bits per heavy atom. The smallest absolute Gasteiger partial charge is 0.310 e. The molecule has 0 aliphatic carbocycles. The lowest BCUT2D eigenvalue weighted by atomic mass is 10.4. The molecule has 0 heterocycles. The number of aliphatic hydroxyl groups excluding tert-OH is 3. The van der Waals surface area contributed by atoms with Crippen molar-refractivity contribution in [3.8, 4) is 0 Å². The maximum atomic E-state index is 10.7. The third-order valence-corrected chi connectivity index (χ3v) is 4.53. The summed E-state index contributed by atoms with van der Waals surface area (Å²) in [7, 11) is 5.27. The van der Waals surface area contributed by atoms with Gasteiger partial charge in [0.1, 0.15) is 19.6 Å². The van der Waals surface area contributed by atoms with E-state index in [4.69, 9.17) is 34.6 Å². The zero-order valence-corrected chi connectivity index (χ0v) is 21.6. The van der Waals surface area contributed by atoms with Gasteiger partial charge < -0.3 is 34.6 Å². The minimum atomic E-state index is -5.39. The van der Waals surface area contributed by atoms with E-state index in [0.717, 1.165) is 0 Å². The molecule has 32 heavy (non-hydrogen) atoms. The molecule has 0 atom stereocenters. The Labute approximate surface area is 191 Å². The van der Waals surface area contributed by atoms with E-state index in [1.165, 1.54) is 20.8 Å². The van der Waals surface area contributed by atoms with Crippen molar-refractivity contribution in [2.24, 2.45) is 0 Å². The molecule has 13 nitrogen and oxygen atoms in total. The molecule has 0 saturated carbocycles. The van der Waals surface area contributed by atoms with Crippen molar-refractivity contribution in [2.75, 3.05) is 81.7 Å². The van der Waals surface area contributed by atoms with Crippen LogP contribution in [0.3, 0.4) is 0 Å². The number of phosphoric acid groups is 1. The molecule has 0 aliphatic heterocycles. The molecule has 14 heteroatoms. The zero-order valence-electron chi connectivity index (χ0n) is 20.7. The third-order valence-electron chi connectivity index (χ3n) is 4.53. The monoisotopic (exact) mass is 491 g/mol. The van der Waals surface area contributed by atoms with Crippen molar-refractivity contribution < 1.29 is 62.4 Å². The van der Waals surface area contributed by atoms with Crippen LogP contribution in [0, 0.1) is 0 Å². The Hall–Kier alpha value is -1.12. The first kappa shape index (κ1) is 38.2. The maximum absolute atomic E-state index is 10.7. The molecule has 0 spiro atoms. The first-order chi connectivity index (χ1) is 14.0. The lowest BCUT2D eigenvalue weighted by Gasteiger charge is -2.36. The topological polar surface area (TPSA) is 198 Å². The molecule has 194 valence electrons. The largest absolute Gasteiger partial charge is 0.822 e. The molecule has 0 radical (unpaired) electrons. The summed E-state index contributed by atoms with van der Waals surface area (Å²) in [6.45, 7) is 6.24. The number of amides is 3. The van der Waals surface area contributed by atoms with Gasteiger partial charge in [0.15, 0.2) is 0 Å². The van der Waals surface area contributed by atoms with Crippen LogP contribution in [0.15, 0.2) is 0 Å². The van der Waals surface area contributed by atoms with Crippen LogP contribution in [-0.4, -0.2) is 128 Å². The number of likely N-dealkylation sites (N-methyl/N-ethyl adjacent to an activating group) is 3. The molecule has 0 aromatic carbocycles. The van der Waals surface area contributed by atoms with Gasteiger partial charge in [-0.3, -0.25) is 13.4 Å². The number of carbonyl (C=O) groups excluding carboxylic acids is 3. The first-order valence-electron chi connectivity index (χ1n) is 9.59. The predicted molar refractivity (Wildman–Crippen MR) is 112 cm³/mol. The van der Waals surface area contributed by atoms with Crippen molar-refractivity contribution >= 4 is 25.5 Å². The quantitative estimate of drug-likeness (QED) is 0.243. The van der Waals surface area contributed by atoms with Gasteiger partial charge in [0.25, 0.3) is 0 Å². The van der Waals surface area contributed by atoms with Crippen LogP contribution in [0.25, 0.3) is 0 Å². The Bertz CT molecular complexity index is 529. The molecule has 0 saturated heterocycles. The van der Waals surface area contributed by atoms with Gasteiger partial charge in [-0.1, -0.05) is 0 Å². The minimum absolute atomic E-state index is 0.0621. The van der Waals surface area contributed by atoms with Crippen molar-refractivity contribution in [1.29, 1.82) is 0 Å². The highest BCUT2D eigenvalue weighted by atomic mass is 31.2. The van der Waals surface area contributed by atoms with Gasteiger partial charge in [-0.25, -0.2) is 14.4 Å². The molecule has 0 bridgehead atoms. The molecule has 0 rings (SSSR count). The average Bonchev–Trinajstić information content (AvgIpc) is 2.54. The van der Waals surface area contributed by atoms with E-state index >= 15 is 0 Å². The van der Waals surface area contributed by atoms with E-state index in [1.807, 2.05) is 0 Å². The van der Waals surface area contributed by atoms with E-state index in [9.17, 15) is 14.4 Å². The van der Waals surface area contributed by atoms with Gasteiger partial charge in [-0.2, -0.15) is 7.82 Å². The fourth-order valence-corrected chi connectivity index (χ4v) is 1.22. The normalized spacial score (nSPS) is 11.6. The van der Waals surface area contributed by atoms with Crippen molar-refractivity contribution in [3.05, 3.63) is 0 Å². The van der Waals surface area contributed by atoms with E-state index in [0.29, 0.717) is 19.6 Å². The SMILES string of the molecule is CC(=O)[N+](C)(C)CCO.CC(=O)[N+](C)(C)CCO.CC(=O)[N+](C)(C)CCO.O=P([O-])([O-])[O-]. The summed E-state index contributed by atoms with van der Waals surface area (Å²) in [4.78, 5) is 57.8. The van der Waals surface area contributed by atoms with Crippen molar-refractivity contribution in [1.82, 2.24) is 0 Å². The summed E-state index contributed by atoms with van der Waals surface area (Å²) in [5, 5.41) is 25.4. The number of nitrogens with zero attached hydrogens (tertiary/aromatic N) is 3. The molecule has 0 aromatic heterocycles. The summed E-state index contributed by atoms with van der Waals surface area (Å²) < 4.78 is 9.33. The van der Waals surface area contributed by atoms with E-state index in [2.05, 4.69) is 0 Å². The number of hydrogen-bond acceptors (Lipinski definition) is 10. The van der Waals surface area contributed by atoms with Gasteiger partial charge in [0.05, 0.1) is 82.9 Å². The van der Waals surface area contributed by atoms with Crippen LogP contribution in [0.5, 0.6) is 0 Å². The van der Waals surface area contributed by atoms with Gasteiger partial charge >= 0.3 is 17.7 Å². The second-order valence-electron chi connectivity index (χ2n) is 8.40. The van der Waals surface area contributed by atoms with Crippen LogP contribution < -0.4 is 14.7 Å². The summed E-state index contributed by atoms with van der Waals surface area (Å²) in [5.41, 5.74) is 0. The first-order valence-corrected chi connectivity index (χ1v) is 11.1. The van der Waals surface area contributed by atoms with Crippen LogP contribution in [0.1, 0.15) is 20.8 Å². The van der Waals surface area contributed by atoms with Crippen LogP contribution in [0.4, 0.5) is 0 Å². The Kier molecular flexibility index (Phi) is 20.7. The number of aliphatic hydroxyl groups is 3. The zero-order chi connectivity index (χ0) is 27.0. The molecular formula is C18H42N3O10P. The van der Waals surface area contributed by atoms with E-state index in [-0.39, 0.29) is 51.0 Å². The highest BCUT2D eigenvalue weighted by molar-refractivity contribution is 7.40. The van der Waals surface area contributed by atoms with Gasteiger partial charge in [0, 0.05) is 0 Å².